The Bertz CT molecular complexity index is 799. The topological polar surface area (TPSA) is 60.2 Å². The van der Waals surface area contributed by atoms with E-state index >= 15 is 0 Å². The molecule has 0 bridgehead atoms. The molecule has 0 radical (unpaired) electrons. The summed E-state index contributed by atoms with van der Waals surface area (Å²) >= 11 is 0. The fourth-order valence-electron chi connectivity index (χ4n) is 3.74. The number of fused-ring (bicyclic) bond motifs is 1. The monoisotopic (exact) mass is 328 g/mol. The Labute approximate surface area is 141 Å². The van der Waals surface area contributed by atoms with Crippen molar-refractivity contribution in [3.63, 3.8) is 0 Å². The summed E-state index contributed by atoms with van der Waals surface area (Å²) in [4.78, 5) is 20.0. The molecule has 1 saturated heterocycles. The lowest BCUT2D eigenvalue weighted by molar-refractivity contribution is -0.0585. The average Bonchev–Trinajstić information content (AvgIpc) is 3.32. The van der Waals surface area contributed by atoms with Gasteiger partial charge >= 0.3 is 0 Å². The minimum absolute atomic E-state index is 0.0629. The lowest BCUT2D eigenvalue weighted by Gasteiger charge is -2.35. The molecular weight excluding hydrogens is 304 g/mol. The van der Waals surface area contributed by atoms with Gasteiger partial charge in [0.1, 0.15) is 0 Å². The second-order valence-corrected chi connectivity index (χ2v) is 7.24. The van der Waals surface area contributed by atoms with Gasteiger partial charge in [0.05, 0.1) is 28.9 Å². The maximum Gasteiger partial charge on any atom is 0.254 e. The predicted molar refractivity (Wildman–Crippen MR) is 91.1 cm³/mol. The van der Waals surface area contributed by atoms with E-state index in [1.54, 1.807) is 4.68 Å². The normalized spacial score (nSPS) is 24.6. The van der Waals surface area contributed by atoms with E-state index < -0.39 is 0 Å². The summed E-state index contributed by atoms with van der Waals surface area (Å²) in [6, 6.07) is 2.00. The van der Waals surface area contributed by atoms with Crippen molar-refractivity contribution < 1.29 is 9.53 Å². The first kappa shape index (κ1) is 15.6. The number of morpholine rings is 1. The molecule has 2 fully saturated rings. The first-order chi connectivity index (χ1) is 11.4. The van der Waals surface area contributed by atoms with Gasteiger partial charge < -0.3 is 9.64 Å². The molecule has 2 aliphatic rings. The smallest absolute Gasteiger partial charge is 0.254 e. The average molecular weight is 328 g/mol. The molecule has 0 unspecified atom stereocenters. The van der Waals surface area contributed by atoms with Gasteiger partial charge in [0, 0.05) is 31.7 Å². The highest BCUT2D eigenvalue weighted by atomic mass is 16.5. The molecule has 2 aromatic heterocycles. The Morgan fingerprint density at radius 1 is 1.25 bits per heavy atom. The summed E-state index contributed by atoms with van der Waals surface area (Å²) in [6.07, 6.45) is 2.45. The van der Waals surface area contributed by atoms with Crippen LogP contribution >= 0.6 is 0 Å². The van der Waals surface area contributed by atoms with Crippen LogP contribution in [-0.4, -0.2) is 50.9 Å². The minimum Gasteiger partial charge on any atom is -0.372 e. The summed E-state index contributed by atoms with van der Waals surface area (Å²) in [5, 5.41) is 5.38. The lowest BCUT2D eigenvalue weighted by atomic mass is 10.1. The van der Waals surface area contributed by atoms with Gasteiger partial charge in [-0.2, -0.15) is 5.10 Å². The maximum atomic E-state index is 13.3. The Balaban J connectivity index is 1.81. The summed E-state index contributed by atoms with van der Waals surface area (Å²) in [7, 11) is 1.89. The number of hydrogen-bond donors (Lipinski definition) is 0. The van der Waals surface area contributed by atoms with Crippen molar-refractivity contribution in [3.8, 4) is 0 Å². The molecule has 2 aromatic rings. The molecule has 2 atom stereocenters. The molecule has 0 N–H and O–H groups in total. The second kappa shape index (κ2) is 5.55. The van der Waals surface area contributed by atoms with Crippen LogP contribution in [0.4, 0.5) is 0 Å². The van der Waals surface area contributed by atoms with Crippen molar-refractivity contribution in [2.45, 2.75) is 51.7 Å². The molecule has 0 spiro atoms. The molecule has 0 aromatic carbocycles. The van der Waals surface area contributed by atoms with Gasteiger partial charge in [-0.15, -0.1) is 0 Å². The summed E-state index contributed by atoms with van der Waals surface area (Å²) in [6.45, 7) is 7.24. The standard InChI is InChI=1S/C18H24N4O2/c1-10-8-22(9-11(2)24-10)18(23)14-7-15(13-5-6-13)19-17-16(14)12(3)20-21(17)4/h7,10-11,13H,5-6,8-9H2,1-4H3/t10-,11-/m1/s1. The highest BCUT2D eigenvalue weighted by Crippen LogP contribution is 2.40. The third-order valence-corrected chi connectivity index (χ3v) is 4.92. The molecule has 6 heteroatoms. The quantitative estimate of drug-likeness (QED) is 0.849. The number of aromatic nitrogens is 3. The van der Waals surface area contributed by atoms with Crippen LogP contribution in [0.2, 0.25) is 0 Å². The summed E-state index contributed by atoms with van der Waals surface area (Å²) < 4.78 is 7.56. The molecular formula is C18H24N4O2. The number of amides is 1. The highest BCUT2D eigenvalue weighted by Gasteiger charge is 2.32. The van der Waals surface area contributed by atoms with Crippen LogP contribution < -0.4 is 0 Å². The summed E-state index contributed by atoms with van der Waals surface area (Å²) in [5.41, 5.74) is 3.45. The number of carbonyl (C=O) groups excluding carboxylic acids is 1. The molecule has 3 heterocycles. The van der Waals surface area contributed by atoms with E-state index in [1.165, 1.54) is 0 Å². The van der Waals surface area contributed by atoms with E-state index in [-0.39, 0.29) is 18.1 Å². The minimum atomic E-state index is 0.0629. The van der Waals surface area contributed by atoms with E-state index in [0.29, 0.717) is 19.0 Å². The zero-order valence-electron chi connectivity index (χ0n) is 14.7. The van der Waals surface area contributed by atoms with Gasteiger partial charge in [0.15, 0.2) is 5.65 Å². The number of rotatable bonds is 2. The van der Waals surface area contributed by atoms with E-state index in [2.05, 4.69) is 5.10 Å². The van der Waals surface area contributed by atoms with Crippen LogP contribution in [0.1, 0.15) is 54.4 Å². The number of ether oxygens (including phenoxy) is 1. The molecule has 1 aliphatic heterocycles. The molecule has 1 aliphatic carbocycles. The van der Waals surface area contributed by atoms with Crippen molar-refractivity contribution in [2.75, 3.05) is 13.1 Å². The van der Waals surface area contributed by atoms with E-state index in [4.69, 9.17) is 9.72 Å². The van der Waals surface area contributed by atoms with Crippen molar-refractivity contribution >= 4 is 16.9 Å². The third kappa shape index (κ3) is 2.59. The van der Waals surface area contributed by atoms with Crippen LogP contribution in [0.15, 0.2) is 6.07 Å². The van der Waals surface area contributed by atoms with Crippen LogP contribution in [0.5, 0.6) is 0 Å². The first-order valence-electron chi connectivity index (χ1n) is 8.73. The van der Waals surface area contributed by atoms with E-state index in [9.17, 15) is 4.79 Å². The van der Waals surface area contributed by atoms with Crippen molar-refractivity contribution in [1.29, 1.82) is 0 Å². The van der Waals surface area contributed by atoms with Gasteiger partial charge in [0.25, 0.3) is 5.91 Å². The van der Waals surface area contributed by atoms with E-state index in [1.807, 2.05) is 38.8 Å². The van der Waals surface area contributed by atoms with Gasteiger partial charge in [-0.3, -0.25) is 9.48 Å². The zero-order valence-corrected chi connectivity index (χ0v) is 14.7. The Kier molecular flexibility index (Phi) is 3.60. The van der Waals surface area contributed by atoms with Crippen LogP contribution in [-0.2, 0) is 11.8 Å². The largest absolute Gasteiger partial charge is 0.372 e. The fourth-order valence-corrected chi connectivity index (χ4v) is 3.74. The number of aryl methyl sites for hydroxylation is 2. The Morgan fingerprint density at radius 2 is 1.92 bits per heavy atom. The number of nitrogens with zero attached hydrogens (tertiary/aromatic N) is 4. The summed E-state index contributed by atoms with van der Waals surface area (Å²) in [5.74, 6) is 0.570. The van der Waals surface area contributed by atoms with Gasteiger partial charge in [0.2, 0.25) is 0 Å². The predicted octanol–water partition coefficient (Wildman–Crippen LogP) is 2.40. The Morgan fingerprint density at radius 3 is 2.54 bits per heavy atom. The van der Waals surface area contributed by atoms with Crippen molar-refractivity contribution in [3.05, 3.63) is 23.0 Å². The van der Waals surface area contributed by atoms with Crippen molar-refractivity contribution in [2.24, 2.45) is 7.05 Å². The number of hydrogen-bond acceptors (Lipinski definition) is 4. The molecule has 6 nitrogen and oxygen atoms in total. The highest BCUT2D eigenvalue weighted by molar-refractivity contribution is 6.06. The molecule has 1 saturated carbocycles. The van der Waals surface area contributed by atoms with Crippen LogP contribution in [0, 0.1) is 6.92 Å². The van der Waals surface area contributed by atoms with Crippen LogP contribution in [0.3, 0.4) is 0 Å². The third-order valence-electron chi connectivity index (χ3n) is 4.92. The molecule has 4 rings (SSSR count). The molecule has 1 amide bonds. The molecule has 128 valence electrons. The maximum absolute atomic E-state index is 13.3. The first-order valence-corrected chi connectivity index (χ1v) is 8.73. The lowest BCUT2D eigenvalue weighted by Crippen LogP contribution is -2.48. The fraction of sp³-hybridized carbons (Fsp3) is 0.611. The Hall–Kier alpha value is -1.95. The van der Waals surface area contributed by atoms with E-state index in [0.717, 1.165) is 40.8 Å². The van der Waals surface area contributed by atoms with Gasteiger partial charge in [-0.25, -0.2) is 4.98 Å². The second-order valence-electron chi connectivity index (χ2n) is 7.24. The van der Waals surface area contributed by atoms with Gasteiger partial charge in [-0.05, 0) is 39.7 Å². The number of carbonyl (C=O) groups is 1. The number of pyridine rings is 1. The van der Waals surface area contributed by atoms with Gasteiger partial charge in [-0.1, -0.05) is 0 Å². The van der Waals surface area contributed by atoms with Crippen molar-refractivity contribution in [1.82, 2.24) is 19.7 Å². The molecule has 24 heavy (non-hydrogen) atoms. The van der Waals surface area contributed by atoms with Crippen LogP contribution in [0.25, 0.3) is 11.0 Å². The zero-order chi connectivity index (χ0) is 17.0. The SMILES string of the molecule is Cc1nn(C)c2nc(C3CC3)cc(C(=O)N3C[C@@H](C)O[C@H](C)C3)c12.